The predicted molar refractivity (Wildman–Crippen MR) is 25.8 cm³/mol. The van der Waals surface area contributed by atoms with Crippen molar-refractivity contribution in [2.45, 2.75) is 13.3 Å². The van der Waals surface area contributed by atoms with E-state index in [1.807, 2.05) is 0 Å². The van der Waals surface area contributed by atoms with Gasteiger partial charge in [0.2, 0.25) is 5.78 Å². The van der Waals surface area contributed by atoms with Crippen molar-refractivity contribution in [1.29, 1.82) is 0 Å². The first-order valence-corrected chi connectivity index (χ1v) is 2.13. The topological polar surface area (TPSA) is 17.1 Å². The van der Waals surface area contributed by atoms with Crippen LogP contribution >= 0.6 is 0 Å². The number of carbonyl (C=O) groups excluding carboxylic acids is 1. The number of alkyl halides is 2. The maximum Gasteiger partial charge on any atom is 0.299 e. The van der Waals surface area contributed by atoms with Crippen LogP contribution in [0.2, 0.25) is 0 Å². The van der Waals surface area contributed by atoms with Crippen molar-refractivity contribution in [1.82, 2.24) is 0 Å². The zero-order valence-electron chi connectivity index (χ0n) is 4.40. The van der Waals surface area contributed by atoms with Gasteiger partial charge in [0.05, 0.1) is 0 Å². The summed E-state index contributed by atoms with van der Waals surface area (Å²) in [5.41, 5.74) is 0. The SMILES string of the molecule is C/C=C/C(=O)C(F)F. The van der Waals surface area contributed by atoms with Gasteiger partial charge < -0.3 is 0 Å². The van der Waals surface area contributed by atoms with Crippen molar-refractivity contribution in [3.63, 3.8) is 0 Å². The Balaban J connectivity index is 3.66. The first kappa shape index (κ1) is 7.27. The van der Waals surface area contributed by atoms with Gasteiger partial charge in [0, 0.05) is 0 Å². The lowest BCUT2D eigenvalue weighted by Gasteiger charge is -1.85. The van der Waals surface area contributed by atoms with Crippen LogP contribution in [0.5, 0.6) is 0 Å². The lowest BCUT2D eigenvalue weighted by Crippen LogP contribution is -2.04. The van der Waals surface area contributed by atoms with Crippen molar-refractivity contribution in [2.24, 2.45) is 0 Å². The van der Waals surface area contributed by atoms with Crippen molar-refractivity contribution >= 4 is 5.78 Å². The van der Waals surface area contributed by atoms with Crippen LogP contribution in [0.15, 0.2) is 12.2 Å². The van der Waals surface area contributed by atoms with Gasteiger partial charge in [-0.3, -0.25) is 4.79 Å². The van der Waals surface area contributed by atoms with Gasteiger partial charge in [0.15, 0.2) is 0 Å². The molecule has 0 fully saturated rings. The van der Waals surface area contributed by atoms with Gasteiger partial charge >= 0.3 is 0 Å². The highest BCUT2D eigenvalue weighted by molar-refractivity contribution is 5.92. The van der Waals surface area contributed by atoms with Crippen LogP contribution in [0.3, 0.4) is 0 Å². The standard InChI is InChI=1S/C5H6F2O/c1-2-3-4(8)5(6)7/h2-3,5H,1H3/b3-2+. The minimum Gasteiger partial charge on any atom is -0.288 e. The van der Waals surface area contributed by atoms with Crippen LogP contribution in [-0.2, 0) is 4.79 Å². The van der Waals surface area contributed by atoms with E-state index in [0.717, 1.165) is 6.08 Å². The summed E-state index contributed by atoms with van der Waals surface area (Å²) >= 11 is 0. The second-order valence-corrected chi connectivity index (χ2v) is 1.20. The molecule has 0 aliphatic carbocycles. The predicted octanol–water partition coefficient (Wildman–Crippen LogP) is 1.40. The molecule has 3 heteroatoms. The highest BCUT2D eigenvalue weighted by Gasteiger charge is 2.09. The lowest BCUT2D eigenvalue weighted by atomic mass is 10.4. The zero-order chi connectivity index (χ0) is 6.57. The van der Waals surface area contributed by atoms with Gasteiger partial charge in [0.1, 0.15) is 0 Å². The van der Waals surface area contributed by atoms with E-state index in [2.05, 4.69) is 0 Å². The fraction of sp³-hybridized carbons (Fsp3) is 0.400. The average Bonchev–Trinajstić information content (AvgIpc) is 1.67. The second kappa shape index (κ2) is 3.29. The molecule has 0 radical (unpaired) electrons. The largest absolute Gasteiger partial charge is 0.299 e. The molecule has 0 saturated carbocycles. The molecule has 8 heavy (non-hydrogen) atoms. The van der Waals surface area contributed by atoms with E-state index in [-0.39, 0.29) is 0 Å². The number of rotatable bonds is 2. The number of hydrogen-bond donors (Lipinski definition) is 0. The van der Waals surface area contributed by atoms with Gasteiger partial charge in [-0.25, -0.2) is 8.78 Å². The highest BCUT2D eigenvalue weighted by atomic mass is 19.3. The van der Waals surface area contributed by atoms with E-state index < -0.39 is 12.2 Å². The summed E-state index contributed by atoms with van der Waals surface area (Å²) in [6, 6.07) is 0. The molecule has 0 bridgehead atoms. The Kier molecular flexibility index (Phi) is 2.99. The minimum atomic E-state index is -2.86. The molecule has 0 atom stereocenters. The molecule has 0 N–H and O–H groups in total. The first-order chi connectivity index (χ1) is 3.68. The third-order valence-corrected chi connectivity index (χ3v) is 0.546. The van der Waals surface area contributed by atoms with Crippen molar-refractivity contribution in [3.05, 3.63) is 12.2 Å². The number of ketones is 1. The van der Waals surface area contributed by atoms with E-state index in [4.69, 9.17) is 0 Å². The van der Waals surface area contributed by atoms with Gasteiger partial charge in [-0.05, 0) is 13.0 Å². The summed E-state index contributed by atoms with van der Waals surface area (Å²) in [4.78, 5) is 9.91. The van der Waals surface area contributed by atoms with Crippen LogP contribution < -0.4 is 0 Å². The molecule has 0 aromatic rings. The summed E-state index contributed by atoms with van der Waals surface area (Å²) < 4.78 is 22.4. The van der Waals surface area contributed by atoms with E-state index >= 15 is 0 Å². The Morgan fingerprint density at radius 2 is 2.12 bits per heavy atom. The molecule has 0 heterocycles. The average molecular weight is 120 g/mol. The molecule has 46 valence electrons. The molecule has 0 aromatic carbocycles. The van der Waals surface area contributed by atoms with Crippen molar-refractivity contribution in [3.8, 4) is 0 Å². The zero-order valence-corrected chi connectivity index (χ0v) is 4.40. The maximum atomic E-state index is 11.2. The summed E-state index contributed by atoms with van der Waals surface area (Å²) in [7, 11) is 0. The Bertz CT molecular complexity index is 107. The Hall–Kier alpha value is -0.730. The third-order valence-electron chi connectivity index (χ3n) is 0.546. The molecule has 1 nitrogen and oxygen atoms in total. The fourth-order valence-corrected chi connectivity index (χ4v) is 0.237. The van der Waals surface area contributed by atoms with E-state index in [1.165, 1.54) is 13.0 Å². The van der Waals surface area contributed by atoms with Crippen LogP contribution in [0.25, 0.3) is 0 Å². The smallest absolute Gasteiger partial charge is 0.288 e. The maximum absolute atomic E-state index is 11.2. The minimum absolute atomic E-state index is 0.852. The molecule has 0 amide bonds. The number of hydrogen-bond acceptors (Lipinski definition) is 1. The monoisotopic (exact) mass is 120 g/mol. The van der Waals surface area contributed by atoms with E-state index in [9.17, 15) is 13.6 Å². The number of halogens is 2. The van der Waals surface area contributed by atoms with E-state index in [0.29, 0.717) is 0 Å². The van der Waals surface area contributed by atoms with Crippen LogP contribution in [0.1, 0.15) is 6.92 Å². The molecule has 0 aliphatic rings. The summed E-state index contributed by atoms with van der Waals surface area (Å²) in [5.74, 6) is -1.13. The fourth-order valence-electron chi connectivity index (χ4n) is 0.237. The number of allylic oxidation sites excluding steroid dienone is 2. The summed E-state index contributed by atoms with van der Waals surface area (Å²) in [5, 5.41) is 0. The number of carbonyl (C=O) groups is 1. The van der Waals surface area contributed by atoms with Gasteiger partial charge in [-0.2, -0.15) is 0 Å². The lowest BCUT2D eigenvalue weighted by molar-refractivity contribution is -0.124. The van der Waals surface area contributed by atoms with Gasteiger partial charge in [0.25, 0.3) is 6.43 Å². The quantitative estimate of drug-likeness (QED) is 0.503. The summed E-state index contributed by atoms with van der Waals surface area (Å²) in [6.45, 7) is 1.51. The molecule has 0 rings (SSSR count). The Labute approximate surface area is 46.0 Å². The molecule has 0 unspecified atom stereocenters. The third kappa shape index (κ3) is 2.44. The molecule has 0 aromatic heterocycles. The van der Waals surface area contributed by atoms with Crippen molar-refractivity contribution in [2.75, 3.05) is 0 Å². The van der Waals surface area contributed by atoms with Crippen LogP contribution in [0, 0.1) is 0 Å². The normalized spacial score (nSPS) is 11.0. The molecular formula is C5H6F2O. The van der Waals surface area contributed by atoms with Crippen molar-refractivity contribution < 1.29 is 13.6 Å². The Morgan fingerprint density at radius 1 is 1.62 bits per heavy atom. The van der Waals surface area contributed by atoms with Crippen LogP contribution in [0.4, 0.5) is 8.78 Å². The van der Waals surface area contributed by atoms with E-state index in [1.54, 1.807) is 0 Å². The molecule has 0 saturated heterocycles. The molecular weight excluding hydrogens is 114 g/mol. The highest BCUT2D eigenvalue weighted by Crippen LogP contribution is 1.93. The van der Waals surface area contributed by atoms with Gasteiger partial charge in [-0.15, -0.1) is 0 Å². The molecule has 0 aliphatic heterocycles. The first-order valence-electron chi connectivity index (χ1n) is 2.13. The molecule has 0 spiro atoms. The van der Waals surface area contributed by atoms with Crippen LogP contribution in [-0.4, -0.2) is 12.2 Å². The second-order valence-electron chi connectivity index (χ2n) is 1.20. The Morgan fingerprint density at radius 3 is 2.25 bits per heavy atom. The summed E-state index contributed by atoms with van der Waals surface area (Å²) in [6.07, 6.45) is -0.717. The van der Waals surface area contributed by atoms with Gasteiger partial charge in [-0.1, -0.05) is 6.08 Å².